The van der Waals surface area contributed by atoms with E-state index in [1.807, 2.05) is 0 Å². The highest BCUT2D eigenvalue weighted by Gasteiger charge is 2.37. The number of carboxylic acids is 1. The minimum Gasteiger partial charge on any atom is -0.481 e. The van der Waals surface area contributed by atoms with Crippen molar-refractivity contribution in [2.24, 2.45) is 5.92 Å². The molecule has 0 saturated carbocycles. The molecule has 0 aliphatic carbocycles. The smallest absolute Gasteiger partial charge is 0.310 e. The Balaban J connectivity index is 2.16. The Labute approximate surface area is 103 Å². The van der Waals surface area contributed by atoms with Crippen LogP contribution in [-0.4, -0.2) is 48.7 Å². The van der Waals surface area contributed by atoms with E-state index < -0.39 is 28.0 Å². The lowest BCUT2D eigenvalue weighted by atomic mass is 10.1. The van der Waals surface area contributed by atoms with Gasteiger partial charge in [0.2, 0.25) is 0 Å². The van der Waals surface area contributed by atoms with Gasteiger partial charge in [0.25, 0.3) is 10.0 Å². The molecule has 2 unspecified atom stereocenters. The molecule has 1 aromatic rings. The Morgan fingerprint density at radius 3 is 2.89 bits per heavy atom. The number of imidazole rings is 1. The van der Waals surface area contributed by atoms with Crippen LogP contribution in [-0.2, 0) is 19.6 Å². The topological polar surface area (TPSA) is 121 Å². The first-order valence-corrected chi connectivity index (χ1v) is 6.73. The highest BCUT2D eigenvalue weighted by atomic mass is 32.2. The van der Waals surface area contributed by atoms with E-state index in [1.165, 1.54) is 6.20 Å². The summed E-state index contributed by atoms with van der Waals surface area (Å²) in [6.07, 6.45) is 1.18. The molecular formula is C9H13N3O5S. The average Bonchev–Trinajstić information content (AvgIpc) is 2.86. The van der Waals surface area contributed by atoms with Gasteiger partial charge in [0.1, 0.15) is 5.82 Å². The summed E-state index contributed by atoms with van der Waals surface area (Å²) < 4.78 is 31.2. The Kier molecular flexibility index (Phi) is 3.37. The first kappa shape index (κ1) is 13.0. The minimum atomic E-state index is -3.80. The molecule has 2 heterocycles. The third-order valence-corrected chi connectivity index (χ3v) is 4.07. The fourth-order valence-corrected chi connectivity index (χ4v) is 2.94. The number of H-pyrrole nitrogens is 1. The highest BCUT2D eigenvalue weighted by molar-refractivity contribution is 7.89. The van der Waals surface area contributed by atoms with E-state index >= 15 is 0 Å². The second-order valence-electron chi connectivity index (χ2n) is 4.04. The van der Waals surface area contributed by atoms with Crippen molar-refractivity contribution in [3.63, 3.8) is 0 Å². The molecule has 3 N–H and O–H groups in total. The molecule has 8 nitrogen and oxygen atoms in total. The Morgan fingerprint density at radius 1 is 1.61 bits per heavy atom. The molecule has 100 valence electrons. The third-order valence-electron chi connectivity index (χ3n) is 2.67. The number of aliphatic carboxylic acids is 1. The molecule has 1 aromatic heterocycles. The molecule has 2 rings (SSSR count). The van der Waals surface area contributed by atoms with Crippen molar-refractivity contribution >= 4 is 16.0 Å². The normalized spacial score (nSPS) is 24.3. The summed E-state index contributed by atoms with van der Waals surface area (Å²) in [6, 6.07) is -0.767. The van der Waals surface area contributed by atoms with Gasteiger partial charge < -0.3 is 14.8 Å². The van der Waals surface area contributed by atoms with Crippen molar-refractivity contribution in [2.75, 3.05) is 13.2 Å². The fourth-order valence-electron chi connectivity index (χ4n) is 1.71. The third kappa shape index (κ3) is 2.52. The first-order valence-electron chi connectivity index (χ1n) is 5.24. The van der Waals surface area contributed by atoms with Crippen LogP contribution in [0.25, 0.3) is 0 Å². The van der Waals surface area contributed by atoms with Crippen LogP contribution in [0.2, 0.25) is 0 Å². The van der Waals surface area contributed by atoms with Crippen LogP contribution in [0.5, 0.6) is 0 Å². The zero-order chi connectivity index (χ0) is 13.3. The lowest BCUT2D eigenvalue weighted by Gasteiger charge is -2.14. The van der Waals surface area contributed by atoms with Crippen LogP contribution < -0.4 is 4.72 Å². The molecule has 0 radical (unpaired) electrons. The molecule has 0 aromatic carbocycles. The molecule has 1 aliphatic heterocycles. The van der Waals surface area contributed by atoms with E-state index in [2.05, 4.69) is 14.7 Å². The molecule has 0 amide bonds. The van der Waals surface area contributed by atoms with E-state index in [9.17, 15) is 13.2 Å². The number of sulfonamides is 1. The SMILES string of the molecule is Cc1ncc(S(=O)(=O)NC2COCC2C(=O)O)[nH]1. The second kappa shape index (κ2) is 4.67. The number of hydrogen-bond donors (Lipinski definition) is 3. The monoisotopic (exact) mass is 275 g/mol. The van der Waals surface area contributed by atoms with Crippen LogP contribution in [0.15, 0.2) is 11.2 Å². The van der Waals surface area contributed by atoms with Gasteiger partial charge in [-0.25, -0.2) is 18.1 Å². The van der Waals surface area contributed by atoms with Gasteiger partial charge in [-0.3, -0.25) is 4.79 Å². The lowest BCUT2D eigenvalue weighted by Crippen LogP contribution is -2.42. The molecule has 0 bridgehead atoms. The summed E-state index contributed by atoms with van der Waals surface area (Å²) in [5.41, 5.74) is 0. The second-order valence-corrected chi connectivity index (χ2v) is 5.73. The van der Waals surface area contributed by atoms with E-state index in [0.29, 0.717) is 5.82 Å². The lowest BCUT2D eigenvalue weighted by molar-refractivity contribution is -0.142. The number of nitrogens with one attached hydrogen (secondary N) is 2. The Hall–Kier alpha value is -1.45. The highest BCUT2D eigenvalue weighted by Crippen LogP contribution is 2.16. The van der Waals surface area contributed by atoms with Gasteiger partial charge in [-0.05, 0) is 6.92 Å². The minimum absolute atomic E-state index is 0.00449. The molecular weight excluding hydrogens is 262 g/mol. The molecule has 1 fully saturated rings. The molecule has 1 saturated heterocycles. The quantitative estimate of drug-likeness (QED) is 0.654. The van der Waals surface area contributed by atoms with Crippen LogP contribution >= 0.6 is 0 Å². The summed E-state index contributed by atoms with van der Waals surface area (Å²) in [7, 11) is -3.80. The van der Waals surface area contributed by atoms with E-state index in [0.717, 1.165) is 0 Å². The molecule has 0 spiro atoms. The van der Waals surface area contributed by atoms with Crippen LogP contribution in [0.4, 0.5) is 0 Å². The largest absolute Gasteiger partial charge is 0.481 e. The summed E-state index contributed by atoms with van der Waals surface area (Å²) in [4.78, 5) is 17.3. The summed E-state index contributed by atoms with van der Waals surface area (Å²) >= 11 is 0. The van der Waals surface area contributed by atoms with Gasteiger partial charge in [-0.15, -0.1) is 0 Å². The molecule has 9 heteroatoms. The predicted molar refractivity (Wildman–Crippen MR) is 59.4 cm³/mol. The van der Waals surface area contributed by atoms with E-state index in [4.69, 9.17) is 9.84 Å². The predicted octanol–water partition coefficient (Wildman–Crippen LogP) is -0.904. The number of hydrogen-bond acceptors (Lipinski definition) is 5. The maximum absolute atomic E-state index is 11.9. The van der Waals surface area contributed by atoms with Crippen molar-refractivity contribution in [3.8, 4) is 0 Å². The van der Waals surface area contributed by atoms with Gasteiger partial charge in [0.15, 0.2) is 5.03 Å². The number of aromatic amines is 1. The maximum atomic E-state index is 11.9. The van der Waals surface area contributed by atoms with Crippen molar-refractivity contribution < 1.29 is 23.1 Å². The summed E-state index contributed by atoms with van der Waals surface area (Å²) in [5, 5.41) is 8.83. The number of aryl methyl sites for hydroxylation is 1. The number of carboxylic acid groups (broad SMARTS) is 1. The van der Waals surface area contributed by atoms with Gasteiger partial charge in [0.05, 0.1) is 31.4 Å². The Bertz CT molecular complexity index is 552. The molecule has 2 atom stereocenters. The number of ether oxygens (including phenoxy) is 1. The summed E-state index contributed by atoms with van der Waals surface area (Å²) in [6.45, 7) is 1.67. The zero-order valence-electron chi connectivity index (χ0n) is 9.58. The van der Waals surface area contributed by atoms with E-state index in [1.54, 1.807) is 6.92 Å². The molecule has 1 aliphatic rings. The van der Waals surface area contributed by atoms with Crippen LogP contribution in [0.1, 0.15) is 5.82 Å². The van der Waals surface area contributed by atoms with E-state index in [-0.39, 0.29) is 18.2 Å². The van der Waals surface area contributed by atoms with Crippen molar-refractivity contribution in [3.05, 3.63) is 12.0 Å². The average molecular weight is 275 g/mol. The van der Waals surface area contributed by atoms with Crippen molar-refractivity contribution in [1.82, 2.24) is 14.7 Å². The van der Waals surface area contributed by atoms with Crippen LogP contribution in [0, 0.1) is 12.8 Å². The summed E-state index contributed by atoms with van der Waals surface area (Å²) in [5.74, 6) is -1.49. The van der Waals surface area contributed by atoms with Gasteiger partial charge in [-0.2, -0.15) is 0 Å². The van der Waals surface area contributed by atoms with Gasteiger partial charge in [0, 0.05) is 0 Å². The maximum Gasteiger partial charge on any atom is 0.310 e. The standard InChI is InChI=1S/C9H13N3O5S/c1-5-10-2-8(11-5)18(15,16)12-7-4-17-3-6(7)9(13)14/h2,6-7,12H,3-4H2,1H3,(H,10,11)(H,13,14). The van der Waals surface area contributed by atoms with Crippen molar-refractivity contribution in [2.45, 2.75) is 18.0 Å². The molecule has 18 heavy (non-hydrogen) atoms. The van der Waals surface area contributed by atoms with Crippen molar-refractivity contribution in [1.29, 1.82) is 0 Å². The number of nitrogens with zero attached hydrogens (tertiary/aromatic N) is 1. The number of carbonyl (C=O) groups is 1. The zero-order valence-corrected chi connectivity index (χ0v) is 10.4. The van der Waals surface area contributed by atoms with Gasteiger partial charge >= 0.3 is 5.97 Å². The number of rotatable bonds is 4. The fraction of sp³-hybridized carbons (Fsp3) is 0.556. The van der Waals surface area contributed by atoms with Crippen LogP contribution in [0.3, 0.4) is 0 Å². The first-order chi connectivity index (χ1) is 8.40. The number of aromatic nitrogens is 2. The van der Waals surface area contributed by atoms with Gasteiger partial charge in [-0.1, -0.05) is 0 Å². The Morgan fingerprint density at radius 2 is 2.33 bits per heavy atom.